The summed E-state index contributed by atoms with van der Waals surface area (Å²) in [6.45, 7) is 2.28. The highest BCUT2D eigenvalue weighted by Gasteiger charge is 2.56. The Hall–Kier alpha value is -2.32. The minimum atomic E-state index is -4.95. The standard InChI is InChI=1S/C22H21BrF3NO3/c1-20(2,16-11-14(23)7-8-19(16)29)12-21(30,22(24,25)26)13-27-10-9-18(28)15-5-3-4-6-17(15)27/h3-11,29-30H,12-13H2,1-2H3. The van der Waals surface area contributed by atoms with Crippen LogP contribution in [-0.4, -0.2) is 26.6 Å². The molecule has 0 amide bonds. The fourth-order valence-electron chi connectivity index (χ4n) is 3.80. The van der Waals surface area contributed by atoms with Gasteiger partial charge in [-0.05, 0) is 42.2 Å². The summed E-state index contributed by atoms with van der Waals surface area (Å²) < 4.78 is 44.1. The second-order valence-corrected chi connectivity index (χ2v) is 8.99. The summed E-state index contributed by atoms with van der Waals surface area (Å²) in [5.74, 6) is -0.151. The predicted molar refractivity (Wildman–Crippen MR) is 113 cm³/mol. The van der Waals surface area contributed by atoms with Crippen LogP contribution in [0.25, 0.3) is 10.9 Å². The molecule has 0 fully saturated rings. The molecule has 1 unspecified atom stereocenters. The molecular weight excluding hydrogens is 463 g/mol. The number of phenolic OH excluding ortho intramolecular Hbond substituents is 1. The van der Waals surface area contributed by atoms with E-state index in [-0.39, 0.29) is 22.1 Å². The van der Waals surface area contributed by atoms with Gasteiger partial charge < -0.3 is 14.8 Å². The summed E-state index contributed by atoms with van der Waals surface area (Å²) in [6, 6.07) is 12.0. The van der Waals surface area contributed by atoms with Gasteiger partial charge in [0.1, 0.15) is 5.75 Å². The minimum absolute atomic E-state index is 0.151. The number of hydrogen-bond acceptors (Lipinski definition) is 3. The number of alkyl halides is 3. The lowest BCUT2D eigenvalue weighted by Crippen LogP contribution is -2.52. The predicted octanol–water partition coefficient (Wildman–Crippen LogP) is 5.13. The summed E-state index contributed by atoms with van der Waals surface area (Å²) in [7, 11) is 0. The van der Waals surface area contributed by atoms with Crippen molar-refractivity contribution in [1.82, 2.24) is 4.57 Å². The Morgan fingerprint density at radius 1 is 1.07 bits per heavy atom. The minimum Gasteiger partial charge on any atom is -0.508 e. The van der Waals surface area contributed by atoms with E-state index in [4.69, 9.17) is 0 Å². The van der Waals surface area contributed by atoms with E-state index in [2.05, 4.69) is 15.9 Å². The van der Waals surface area contributed by atoms with Gasteiger partial charge >= 0.3 is 6.18 Å². The van der Waals surface area contributed by atoms with Gasteiger partial charge in [-0.3, -0.25) is 4.79 Å². The van der Waals surface area contributed by atoms with Gasteiger partial charge in [0.2, 0.25) is 0 Å². The number of aromatic nitrogens is 1. The zero-order chi connectivity index (χ0) is 22.3. The van der Waals surface area contributed by atoms with E-state index in [1.165, 1.54) is 42.8 Å². The molecule has 3 aromatic rings. The van der Waals surface area contributed by atoms with Crippen molar-refractivity contribution in [3.8, 4) is 5.75 Å². The third-order valence-corrected chi connectivity index (χ3v) is 5.76. The lowest BCUT2D eigenvalue weighted by molar-refractivity contribution is -0.271. The molecule has 160 valence electrons. The normalized spacial score (nSPS) is 14.6. The van der Waals surface area contributed by atoms with Crippen LogP contribution in [0.15, 0.2) is 64.0 Å². The summed E-state index contributed by atoms with van der Waals surface area (Å²) in [5, 5.41) is 21.3. The largest absolute Gasteiger partial charge is 0.508 e. The van der Waals surface area contributed by atoms with Crippen LogP contribution >= 0.6 is 15.9 Å². The van der Waals surface area contributed by atoms with Crippen molar-refractivity contribution in [2.75, 3.05) is 0 Å². The first-order valence-electron chi connectivity index (χ1n) is 9.20. The monoisotopic (exact) mass is 483 g/mol. The van der Waals surface area contributed by atoms with E-state index in [9.17, 15) is 28.2 Å². The molecule has 0 saturated carbocycles. The maximum absolute atomic E-state index is 14.1. The van der Waals surface area contributed by atoms with Crippen LogP contribution in [0.1, 0.15) is 25.8 Å². The highest BCUT2D eigenvalue weighted by atomic mass is 79.9. The lowest BCUT2D eigenvalue weighted by atomic mass is 9.74. The molecule has 4 nitrogen and oxygen atoms in total. The van der Waals surface area contributed by atoms with E-state index in [0.717, 1.165) is 0 Å². The first-order chi connectivity index (χ1) is 13.8. The molecule has 0 spiro atoms. The van der Waals surface area contributed by atoms with Crippen molar-refractivity contribution in [1.29, 1.82) is 0 Å². The van der Waals surface area contributed by atoms with Crippen molar-refractivity contribution in [2.24, 2.45) is 0 Å². The number of aromatic hydroxyl groups is 1. The van der Waals surface area contributed by atoms with Crippen molar-refractivity contribution in [3.05, 3.63) is 75.0 Å². The Bertz CT molecular complexity index is 1140. The molecule has 2 aromatic carbocycles. The van der Waals surface area contributed by atoms with Crippen molar-refractivity contribution >= 4 is 26.8 Å². The summed E-state index contributed by atoms with van der Waals surface area (Å²) in [4.78, 5) is 12.0. The molecule has 0 aliphatic rings. The van der Waals surface area contributed by atoms with Crippen molar-refractivity contribution in [3.63, 3.8) is 0 Å². The van der Waals surface area contributed by atoms with Gasteiger partial charge in [0, 0.05) is 27.7 Å². The average Bonchev–Trinajstić information content (AvgIpc) is 2.65. The van der Waals surface area contributed by atoms with E-state index < -0.39 is 30.2 Å². The number of fused-ring (bicyclic) bond motifs is 1. The molecule has 8 heteroatoms. The highest BCUT2D eigenvalue weighted by molar-refractivity contribution is 9.10. The molecule has 0 saturated heterocycles. The molecule has 0 radical (unpaired) electrons. The van der Waals surface area contributed by atoms with Crippen LogP contribution in [0.4, 0.5) is 13.2 Å². The number of benzene rings is 2. The van der Waals surface area contributed by atoms with Gasteiger partial charge in [-0.15, -0.1) is 0 Å². The van der Waals surface area contributed by atoms with Gasteiger partial charge in [-0.1, -0.05) is 41.9 Å². The Kier molecular flexibility index (Phi) is 5.77. The quantitative estimate of drug-likeness (QED) is 0.528. The first-order valence-corrected chi connectivity index (χ1v) is 10.00. The van der Waals surface area contributed by atoms with Gasteiger partial charge in [0.05, 0.1) is 12.1 Å². The molecule has 1 heterocycles. The number of nitrogens with zero attached hydrogens (tertiary/aromatic N) is 1. The Morgan fingerprint density at radius 3 is 2.40 bits per heavy atom. The zero-order valence-electron chi connectivity index (χ0n) is 16.4. The second-order valence-electron chi connectivity index (χ2n) is 8.08. The maximum atomic E-state index is 14.1. The molecule has 1 atom stereocenters. The Labute approximate surface area is 179 Å². The van der Waals surface area contributed by atoms with E-state index in [1.807, 2.05) is 0 Å². The maximum Gasteiger partial charge on any atom is 0.418 e. The SMILES string of the molecule is CC(C)(CC(O)(Cn1ccc(=O)c2ccccc21)C(F)(F)F)c1cc(Br)ccc1O. The van der Waals surface area contributed by atoms with Crippen LogP contribution in [0, 0.1) is 0 Å². The summed E-state index contributed by atoms with van der Waals surface area (Å²) in [6.07, 6.45) is -4.39. The molecular formula is C22H21BrF3NO3. The number of phenols is 1. The fourth-order valence-corrected chi connectivity index (χ4v) is 4.16. The number of rotatable bonds is 5. The number of pyridine rings is 1. The number of hydrogen-bond donors (Lipinski definition) is 2. The van der Waals surface area contributed by atoms with Gasteiger partial charge in [0.15, 0.2) is 11.0 Å². The van der Waals surface area contributed by atoms with E-state index in [1.54, 1.807) is 30.3 Å². The number of aliphatic hydroxyl groups is 1. The second kappa shape index (κ2) is 7.74. The van der Waals surface area contributed by atoms with Crippen molar-refractivity contribution < 1.29 is 23.4 Å². The first kappa shape index (κ1) is 22.4. The smallest absolute Gasteiger partial charge is 0.418 e. The average molecular weight is 484 g/mol. The lowest BCUT2D eigenvalue weighted by Gasteiger charge is -2.38. The van der Waals surface area contributed by atoms with Crippen LogP contribution in [0.5, 0.6) is 5.75 Å². The van der Waals surface area contributed by atoms with Gasteiger partial charge in [-0.25, -0.2) is 0 Å². The summed E-state index contributed by atoms with van der Waals surface area (Å²) in [5.41, 5.74) is -4.05. The summed E-state index contributed by atoms with van der Waals surface area (Å²) >= 11 is 3.27. The third-order valence-electron chi connectivity index (χ3n) is 5.27. The van der Waals surface area contributed by atoms with E-state index in [0.29, 0.717) is 9.99 Å². The molecule has 3 rings (SSSR count). The van der Waals surface area contributed by atoms with Crippen LogP contribution in [0.3, 0.4) is 0 Å². The Balaban J connectivity index is 2.07. The van der Waals surface area contributed by atoms with E-state index >= 15 is 0 Å². The molecule has 30 heavy (non-hydrogen) atoms. The molecule has 2 N–H and O–H groups in total. The highest BCUT2D eigenvalue weighted by Crippen LogP contribution is 2.44. The molecule has 0 bridgehead atoms. The van der Waals surface area contributed by atoms with Crippen LogP contribution < -0.4 is 5.43 Å². The van der Waals surface area contributed by atoms with Crippen LogP contribution in [-0.2, 0) is 12.0 Å². The number of halogens is 4. The zero-order valence-corrected chi connectivity index (χ0v) is 18.0. The number of para-hydroxylation sites is 1. The van der Waals surface area contributed by atoms with Gasteiger partial charge in [0.25, 0.3) is 0 Å². The fraction of sp³-hybridized carbons (Fsp3) is 0.318. The van der Waals surface area contributed by atoms with Crippen LogP contribution in [0.2, 0.25) is 0 Å². The molecule has 1 aromatic heterocycles. The Morgan fingerprint density at radius 2 is 1.73 bits per heavy atom. The van der Waals surface area contributed by atoms with Crippen molar-refractivity contribution in [2.45, 2.75) is 44.0 Å². The molecule has 0 aliphatic carbocycles. The molecule has 0 aliphatic heterocycles. The van der Waals surface area contributed by atoms with Gasteiger partial charge in [-0.2, -0.15) is 13.2 Å². The topological polar surface area (TPSA) is 62.5 Å². The third kappa shape index (κ3) is 4.25.